The van der Waals surface area contributed by atoms with Crippen molar-refractivity contribution in [2.24, 2.45) is 0 Å². The summed E-state index contributed by atoms with van der Waals surface area (Å²) in [5.41, 5.74) is 0.247. The van der Waals surface area contributed by atoms with E-state index < -0.39 is 14.9 Å². The van der Waals surface area contributed by atoms with E-state index >= 15 is 0 Å². The van der Waals surface area contributed by atoms with Crippen molar-refractivity contribution in [1.82, 2.24) is 14.1 Å². The molecule has 11 heteroatoms. The molecule has 2 heterocycles. The number of rotatable bonds is 6. The summed E-state index contributed by atoms with van der Waals surface area (Å²) in [6, 6.07) is 4.20. The first-order valence-corrected chi connectivity index (χ1v) is 10.8. The number of aliphatic hydroxyl groups is 1. The molecule has 156 valence electrons. The van der Waals surface area contributed by atoms with Gasteiger partial charge in [-0.15, -0.1) is 0 Å². The monoisotopic (exact) mass is 413 g/mol. The van der Waals surface area contributed by atoms with Crippen molar-refractivity contribution in [1.29, 1.82) is 0 Å². The second-order valence-corrected chi connectivity index (χ2v) is 9.11. The van der Waals surface area contributed by atoms with Crippen molar-refractivity contribution in [3.8, 4) is 0 Å². The summed E-state index contributed by atoms with van der Waals surface area (Å²) in [6.45, 7) is 5.25. The van der Waals surface area contributed by atoms with Crippen molar-refractivity contribution in [2.75, 3.05) is 77.5 Å². The zero-order chi connectivity index (χ0) is 20.3. The lowest BCUT2D eigenvalue weighted by Crippen LogP contribution is -2.47. The summed E-state index contributed by atoms with van der Waals surface area (Å²) in [5, 5.41) is 20.7. The highest BCUT2D eigenvalue weighted by Crippen LogP contribution is 2.32. The molecule has 0 amide bonds. The number of hydrogen-bond donors (Lipinski definition) is 1. The molecule has 10 nitrogen and oxygen atoms in total. The number of hydrogen-bond acceptors (Lipinski definition) is 8. The SMILES string of the molecule is CN1CCN(S(=O)(=O)c2ccc(N3CCN(CCO)CC3)c([N+](=O)[O-])c2)CC1. The number of sulfonamides is 1. The fraction of sp³-hybridized carbons (Fsp3) is 0.647. The minimum absolute atomic E-state index is 0.0357. The van der Waals surface area contributed by atoms with Gasteiger partial charge in [0.1, 0.15) is 5.69 Å². The van der Waals surface area contributed by atoms with Crippen LogP contribution in [0.4, 0.5) is 11.4 Å². The maximum atomic E-state index is 12.9. The highest BCUT2D eigenvalue weighted by Gasteiger charge is 2.31. The molecule has 0 aliphatic carbocycles. The highest BCUT2D eigenvalue weighted by atomic mass is 32.2. The van der Waals surface area contributed by atoms with E-state index in [4.69, 9.17) is 5.11 Å². The third-order valence-electron chi connectivity index (χ3n) is 5.37. The maximum Gasteiger partial charge on any atom is 0.293 e. The molecular formula is C17H27N5O5S. The van der Waals surface area contributed by atoms with Gasteiger partial charge in [0.15, 0.2) is 0 Å². The summed E-state index contributed by atoms with van der Waals surface area (Å²) in [7, 11) is -1.82. The Morgan fingerprint density at radius 1 is 1.07 bits per heavy atom. The lowest BCUT2D eigenvalue weighted by atomic mass is 10.2. The third kappa shape index (κ3) is 4.44. The van der Waals surface area contributed by atoms with Gasteiger partial charge in [0.25, 0.3) is 5.69 Å². The van der Waals surface area contributed by atoms with Gasteiger partial charge in [0, 0.05) is 65.0 Å². The Kier molecular flexibility index (Phi) is 6.50. The van der Waals surface area contributed by atoms with Crippen LogP contribution in [-0.2, 0) is 10.0 Å². The standard InChI is InChI=1S/C17H27N5O5S/c1-18-4-10-21(11-5-18)28(26,27)15-2-3-16(17(14-15)22(24)25)20-8-6-19(7-9-20)12-13-23/h2-3,14,23H,4-13H2,1H3. The van der Waals surface area contributed by atoms with Crippen LogP contribution in [0.15, 0.2) is 23.1 Å². The van der Waals surface area contributed by atoms with Gasteiger partial charge in [0.2, 0.25) is 10.0 Å². The fourth-order valence-corrected chi connectivity index (χ4v) is 5.05. The van der Waals surface area contributed by atoms with Gasteiger partial charge in [-0.05, 0) is 19.2 Å². The zero-order valence-corrected chi connectivity index (χ0v) is 16.8. The molecule has 2 aliphatic heterocycles. The van der Waals surface area contributed by atoms with Crippen LogP contribution in [0.5, 0.6) is 0 Å². The molecule has 1 aromatic rings. The second kappa shape index (κ2) is 8.70. The Labute approximate surface area is 165 Å². The van der Waals surface area contributed by atoms with Crippen LogP contribution in [-0.4, -0.2) is 105 Å². The lowest BCUT2D eigenvalue weighted by molar-refractivity contribution is -0.384. The fourth-order valence-electron chi connectivity index (χ4n) is 3.61. The number of benzene rings is 1. The number of likely N-dealkylation sites (N-methyl/N-ethyl adjacent to an activating group) is 1. The molecule has 28 heavy (non-hydrogen) atoms. The predicted molar refractivity (Wildman–Crippen MR) is 105 cm³/mol. The molecule has 2 aliphatic rings. The number of anilines is 1. The Morgan fingerprint density at radius 2 is 1.71 bits per heavy atom. The smallest absolute Gasteiger partial charge is 0.293 e. The summed E-state index contributed by atoms with van der Waals surface area (Å²) in [6.07, 6.45) is 0. The van der Waals surface area contributed by atoms with Crippen molar-refractivity contribution in [3.63, 3.8) is 0 Å². The molecule has 0 spiro atoms. The molecule has 2 saturated heterocycles. The van der Waals surface area contributed by atoms with Crippen LogP contribution in [0.1, 0.15) is 0 Å². The third-order valence-corrected chi connectivity index (χ3v) is 7.27. The molecule has 2 fully saturated rings. The van der Waals surface area contributed by atoms with Crippen LogP contribution in [0.2, 0.25) is 0 Å². The Balaban J connectivity index is 1.83. The van der Waals surface area contributed by atoms with E-state index in [1.54, 1.807) is 6.07 Å². The van der Waals surface area contributed by atoms with Gasteiger partial charge in [-0.1, -0.05) is 0 Å². The summed E-state index contributed by atoms with van der Waals surface area (Å²) < 4.78 is 27.2. The molecular weight excluding hydrogens is 386 g/mol. The van der Waals surface area contributed by atoms with Crippen LogP contribution >= 0.6 is 0 Å². The van der Waals surface area contributed by atoms with E-state index in [9.17, 15) is 18.5 Å². The summed E-state index contributed by atoms with van der Waals surface area (Å²) >= 11 is 0. The maximum absolute atomic E-state index is 12.9. The van der Waals surface area contributed by atoms with Crippen LogP contribution in [0, 0.1) is 10.1 Å². The Morgan fingerprint density at radius 3 is 2.29 bits per heavy atom. The summed E-state index contributed by atoms with van der Waals surface area (Å²) in [4.78, 5) is 17.1. The molecule has 0 atom stereocenters. The Bertz CT molecular complexity index is 802. The molecule has 0 saturated carbocycles. The normalized spacial score (nSPS) is 20.4. The molecule has 0 unspecified atom stereocenters. The lowest BCUT2D eigenvalue weighted by Gasteiger charge is -2.35. The van der Waals surface area contributed by atoms with Gasteiger partial charge in [-0.25, -0.2) is 8.42 Å². The molecule has 0 radical (unpaired) electrons. The van der Waals surface area contributed by atoms with Gasteiger partial charge in [-0.3, -0.25) is 15.0 Å². The van der Waals surface area contributed by atoms with Crippen LogP contribution in [0.3, 0.4) is 0 Å². The van der Waals surface area contributed by atoms with E-state index in [-0.39, 0.29) is 17.2 Å². The largest absolute Gasteiger partial charge is 0.395 e. The first-order chi connectivity index (χ1) is 13.3. The van der Waals surface area contributed by atoms with E-state index in [0.717, 1.165) is 0 Å². The number of nitro groups is 1. The van der Waals surface area contributed by atoms with Crippen molar-refractivity contribution >= 4 is 21.4 Å². The molecule has 1 N–H and O–H groups in total. The number of aliphatic hydroxyl groups excluding tert-OH is 1. The number of nitrogens with zero attached hydrogens (tertiary/aromatic N) is 5. The van der Waals surface area contributed by atoms with Gasteiger partial charge < -0.3 is 14.9 Å². The molecule has 3 rings (SSSR count). The average Bonchev–Trinajstić information content (AvgIpc) is 2.68. The van der Waals surface area contributed by atoms with Gasteiger partial charge >= 0.3 is 0 Å². The first kappa shape index (κ1) is 20.9. The topological polar surface area (TPSA) is 110 Å². The predicted octanol–water partition coefficient (Wildman–Crippen LogP) is -0.355. The van der Waals surface area contributed by atoms with Crippen molar-refractivity contribution in [2.45, 2.75) is 4.90 Å². The molecule has 0 bridgehead atoms. The minimum Gasteiger partial charge on any atom is -0.395 e. The van der Waals surface area contributed by atoms with E-state index in [1.165, 1.54) is 16.4 Å². The number of nitro benzene ring substituents is 1. The number of β-amino-alcohol motifs (C(OH)–C–C–N with tert-alkyl or cyclic N) is 1. The Hall–Kier alpha value is -1.79. The van der Waals surface area contributed by atoms with Crippen molar-refractivity contribution in [3.05, 3.63) is 28.3 Å². The second-order valence-electron chi connectivity index (χ2n) is 7.17. The molecule has 0 aromatic heterocycles. The number of piperazine rings is 2. The first-order valence-electron chi connectivity index (χ1n) is 9.38. The molecule has 1 aromatic carbocycles. The quantitative estimate of drug-likeness (QED) is 0.498. The van der Waals surface area contributed by atoms with E-state index in [1.807, 2.05) is 16.8 Å². The van der Waals surface area contributed by atoms with Crippen LogP contribution < -0.4 is 4.90 Å². The van der Waals surface area contributed by atoms with Gasteiger partial charge in [0.05, 0.1) is 16.4 Å². The van der Waals surface area contributed by atoms with Crippen molar-refractivity contribution < 1.29 is 18.4 Å². The average molecular weight is 414 g/mol. The van der Waals surface area contributed by atoms with E-state index in [0.29, 0.717) is 64.6 Å². The highest BCUT2D eigenvalue weighted by molar-refractivity contribution is 7.89. The van der Waals surface area contributed by atoms with Gasteiger partial charge in [-0.2, -0.15) is 4.31 Å². The minimum atomic E-state index is -3.76. The van der Waals surface area contributed by atoms with E-state index in [2.05, 4.69) is 4.90 Å². The summed E-state index contributed by atoms with van der Waals surface area (Å²) in [5.74, 6) is 0. The zero-order valence-electron chi connectivity index (χ0n) is 16.0. The van der Waals surface area contributed by atoms with Crippen LogP contribution in [0.25, 0.3) is 0 Å².